The standard InChI is InChI=1S/C18H17N7O2S/c1-12-15(28-23-22-12)17(26)19-7-8-25-16-14(9-21-25)18(27)24(11-20-16)10-13-5-3-2-4-6-13/h2-6,9,11H,7-8,10H2,1H3,(H,19,26). The number of carbonyl (C=O) groups excluding carboxylic acids is 1. The van der Waals surface area contributed by atoms with E-state index in [0.717, 1.165) is 17.1 Å². The lowest BCUT2D eigenvalue weighted by Gasteiger charge is -2.07. The first-order valence-corrected chi connectivity index (χ1v) is 9.43. The summed E-state index contributed by atoms with van der Waals surface area (Å²) in [6.07, 6.45) is 3.05. The summed E-state index contributed by atoms with van der Waals surface area (Å²) in [6, 6.07) is 9.72. The van der Waals surface area contributed by atoms with Crippen molar-refractivity contribution in [1.29, 1.82) is 0 Å². The number of rotatable bonds is 6. The molecule has 10 heteroatoms. The molecule has 4 aromatic rings. The first-order valence-electron chi connectivity index (χ1n) is 8.65. The fraction of sp³-hybridized carbons (Fsp3) is 0.222. The van der Waals surface area contributed by atoms with Gasteiger partial charge in [-0.2, -0.15) is 5.10 Å². The molecule has 9 nitrogen and oxygen atoms in total. The first kappa shape index (κ1) is 18.0. The van der Waals surface area contributed by atoms with Crippen LogP contribution in [0.1, 0.15) is 20.9 Å². The third kappa shape index (κ3) is 3.54. The van der Waals surface area contributed by atoms with Crippen molar-refractivity contribution in [3.05, 3.63) is 69.3 Å². The fourth-order valence-corrected chi connectivity index (χ4v) is 3.42. The zero-order valence-corrected chi connectivity index (χ0v) is 15.9. The van der Waals surface area contributed by atoms with Gasteiger partial charge in [-0.25, -0.2) is 9.67 Å². The highest BCUT2D eigenvalue weighted by Gasteiger charge is 2.14. The minimum Gasteiger partial charge on any atom is -0.349 e. The van der Waals surface area contributed by atoms with E-state index in [-0.39, 0.29) is 11.5 Å². The number of nitrogens with one attached hydrogen (secondary N) is 1. The summed E-state index contributed by atoms with van der Waals surface area (Å²) in [7, 11) is 0. The zero-order valence-electron chi connectivity index (χ0n) is 15.1. The lowest BCUT2D eigenvalue weighted by molar-refractivity contribution is 0.0955. The molecular weight excluding hydrogens is 378 g/mol. The molecule has 3 aromatic heterocycles. The van der Waals surface area contributed by atoms with Crippen LogP contribution in [0.3, 0.4) is 0 Å². The van der Waals surface area contributed by atoms with E-state index in [2.05, 4.69) is 25.0 Å². The van der Waals surface area contributed by atoms with Crippen molar-refractivity contribution < 1.29 is 4.79 Å². The van der Waals surface area contributed by atoms with Crippen LogP contribution in [0.2, 0.25) is 0 Å². The maximum absolute atomic E-state index is 12.7. The number of carbonyl (C=O) groups is 1. The van der Waals surface area contributed by atoms with Gasteiger partial charge in [0.1, 0.15) is 16.6 Å². The molecule has 0 saturated heterocycles. The highest BCUT2D eigenvalue weighted by Crippen LogP contribution is 2.09. The summed E-state index contributed by atoms with van der Waals surface area (Å²) in [4.78, 5) is 29.7. The summed E-state index contributed by atoms with van der Waals surface area (Å²) in [5.41, 5.74) is 1.98. The monoisotopic (exact) mass is 395 g/mol. The molecule has 0 fully saturated rings. The topological polar surface area (TPSA) is 108 Å². The molecule has 0 unspecified atom stereocenters. The second-order valence-electron chi connectivity index (χ2n) is 6.21. The minimum atomic E-state index is -0.220. The molecule has 0 aliphatic rings. The van der Waals surface area contributed by atoms with E-state index in [0.29, 0.717) is 41.2 Å². The number of benzene rings is 1. The van der Waals surface area contributed by atoms with Gasteiger partial charge in [0, 0.05) is 6.54 Å². The minimum absolute atomic E-state index is 0.143. The number of aryl methyl sites for hydroxylation is 1. The van der Waals surface area contributed by atoms with Gasteiger partial charge in [-0.05, 0) is 24.0 Å². The quantitative estimate of drug-likeness (QED) is 0.526. The van der Waals surface area contributed by atoms with Gasteiger partial charge in [0.05, 0.1) is 25.0 Å². The molecule has 0 bridgehead atoms. The van der Waals surface area contributed by atoms with E-state index < -0.39 is 0 Å². The van der Waals surface area contributed by atoms with E-state index >= 15 is 0 Å². The Kier molecular flexibility index (Phi) is 4.94. The molecule has 0 radical (unpaired) electrons. The summed E-state index contributed by atoms with van der Waals surface area (Å²) in [6.45, 7) is 2.94. The summed E-state index contributed by atoms with van der Waals surface area (Å²) >= 11 is 1.06. The smallest absolute Gasteiger partial charge is 0.265 e. The van der Waals surface area contributed by atoms with Crippen LogP contribution < -0.4 is 10.9 Å². The van der Waals surface area contributed by atoms with Crippen LogP contribution in [-0.2, 0) is 13.1 Å². The van der Waals surface area contributed by atoms with Crippen molar-refractivity contribution in [3.63, 3.8) is 0 Å². The van der Waals surface area contributed by atoms with Gasteiger partial charge in [-0.1, -0.05) is 34.8 Å². The molecule has 28 heavy (non-hydrogen) atoms. The predicted octanol–water partition coefficient (Wildman–Crippen LogP) is 1.23. The Hall–Kier alpha value is -3.40. The Bertz CT molecular complexity index is 1180. The van der Waals surface area contributed by atoms with Crippen molar-refractivity contribution >= 4 is 28.5 Å². The maximum atomic E-state index is 12.7. The predicted molar refractivity (Wildman–Crippen MR) is 104 cm³/mol. The van der Waals surface area contributed by atoms with Crippen LogP contribution in [0.5, 0.6) is 0 Å². The van der Waals surface area contributed by atoms with Crippen LogP contribution in [0, 0.1) is 6.92 Å². The number of amides is 1. The Morgan fingerprint density at radius 3 is 2.82 bits per heavy atom. The molecule has 142 valence electrons. The maximum Gasteiger partial charge on any atom is 0.265 e. The van der Waals surface area contributed by atoms with Crippen molar-refractivity contribution in [3.8, 4) is 0 Å². The van der Waals surface area contributed by atoms with Gasteiger partial charge in [-0.3, -0.25) is 14.2 Å². The molecular formula is C18H17N7O2S. The largest absolute Gasteiger partial charge is 0.349 e. The summed E-state index contributed by atoms with van der Waals surface area (Å²) < 4.78 is 6.93. The fourth-order valence-electron chi connectivity index (χ4n) is 2.85. The molecule has 3 heterocycles. The highest BCUT2D eigenvalue weighted by atomic mass is 32.1. The van der Waals surface area contributed by atoms with Gasteiger partial charge in [0.15, 0.2) is 5.65 Å². The van der Waals surface area contributed by atoms with Crippen LogP contribution >= 0.6 is 11.5 Å². The van der Waals surface area contributed by atoms with Crippen LogP contribution in [0.4, 0.5) is 0 Å². The zero-order chi connectivity index (χ0) is 19.5. The van der Waals surface area contributed by atoms with Crippen molar-refractivity contribution in [2.75, 3.05) is 6.54 Å². The number of hydrogen-bond donors (Lipinski definition) is 1. The molecule has 4 rings (SSSR count). The molecule has 1 N–H and O–H groups in total. The number of aromatic nitrogens is 6. The van der Waals surface area contributed by atoms with E-state index in [9.17, 15) is 9.59 Å². The Morgan fingerprint density at radius 1 is 1.25 bits per heavy atom. The lowest BCUT2D eigenvalue weighted by atomic mass is 10.2. The lowest BCUT2D eigenvalue weighted by Crippen LogP contribution is -2.27. The number of hydrogen-bond acceptors (Lipinski definition) is 7. The van der Waals surface area contributed by atoms with Crippen LogP contribution in [-0.4, -0.2) is 41.4 Å². The number of nitrogens with zero attached hydrogens (tertiary/aromatic N) is 6. The summed E-state index contributed by atoms with van der Waals surface area (Å²) in [5, 5.41) is 11.3. The number of fused-ring (bicyclic) bond motifs is 1. The molecule has 1 aromatic carbocycles. The average Bonchev–Trinajstić information content (AvgIpc) is 3.31. The normalized spacial score (nSPS) is 11.0. The van der Waals surface area contributed by atoms with E-state index in [1.807, 2.05) is 30.3 Å². The first-order chi connectivity index (χ1) is 13.6. The van der Waals surface area contributed by atoms with Gasteiger partial charge in [0.2, 0.25) is 0 Å². The van der Waals surface area contributed by atoms with Gasteiger partial charge in [-0.15, -0.1) is 5.10 Å². The van der Waals surface area contributed by atoms with Crippen LogP contribution in [0.15, 0.2) is 47.7 Å². The molecule has 0 spiro atoms. The van der Waals surface area contributed by atoms with Crippen molar-refractivity contribution in [2.45, 2.75) is 20.0 Å². The Labute approximate surface area is 163 Å². The average molecular weight is 395 g/mol. The third-order valence-electron chi connectivity index (χ3n) is 4.28. The van der Waals surface area contributed by atoms with E-state index in [4.69, 9.17) is 0 Å². The summed E-state index contributed by atoms with van der Waals surface area (Å²) in [5.74, 6) is -0.220. The molecule has 0 saturated carbocycles. The van der Waals surface area contributed by atoms with Crippen molar-refractivity contribution in [2.24, 2.45) is 0 Å². The molecule has 1 amide bonds. The second kappa shape index (κ2) is 7.69. The Balaban J connectivity index is 1.47. The van der Waals surface area contributed by atoms with E-state index in [1.54, 1.807) is 16.2 Å². The third-order valence-corrected chi connectivity index (χ3v) is 5.11. The van der Waals surface area contributed by atoms with Gasteiger partial charge >= 0.3 is 0 Å². The van der Waals surface area contributed by atoms with Crippen molar-refractivity contribution in [1.82, 2.24) is 34.2 Å². The van der Waals surface area contributed by atoms with Crippen LogP contribution in [0.25, 0.3) is 11.0 Å². The molecule has 0 atom stereocenters. The SMILES string of the molecule is Cc1nnsc1C(=O)NCCn1ncc2c(=O)n(Cc3ccccc3)cnc21. The Morgan fingerprint density at radius 2 is 2.07 bits per heavy atom. The second-order valence-corrected chi connectivity index (χ2v) is 6.97. The van der Waals surface area contributed by atoms with E-state index in [1.165, 1.54) is 12.5 Å². The molecule has 0 aliphatic heterocycles. The van der Waals surface area contributed by atoms with Gasteiger partial charge < -0.3 is 5.32 Å². The highest BCUT2D eigenvalue weighted by molar-refractivity contribution is 7.07. The molecule has 0 aliphatic carbocycles. The van der Waals surface area contributed by atoms with Gasteiger partial charge in [0.25, 0.3) is 11.5 Å².